The summed E-state index contributed by atoms with van der Waals surface area (Å²) < 4.78 is 13.4. The zero-order valence-corrected chi connectivity index (χ0v) is 12.3. The van der Waals surface area contributed by atoms with Gasteiger partial charge < -0.3 is 4.90 Å². The maximum absolute atomic E-state index is 13.4. The average Bonchev–Trinajstić information content (AvgIpc) is 2.47. The standard InChI is InChI=1S/C16H14ClFN2O/c1-10-4-5-11-9-12(18)6-7-14(11)20(10)16(21)13-3-2-8-19-15(13)17/h2-3,6-10H,4-5H2,1H3. The second-order valence-corrected chi connectivity index (χ2v) is 5.54. The molecule has 1 aromatic heterocycles. The Kier molecular flexibility index (Phi) is 3.64. The fraction of sp³-hybridized carbons (Fsp3) is 0.250. The Balaban J connectivity index is 2.06. The molecule has 1 aromatic carbocycles. The number of amides is 1. The zero-order valence-electron chi connectivity index (χ0n) is 11.5. The van der Waals surface area contributed by atoms with Crippen molar-refractivity contribution in [2.75, 3.05) is 4.90 Å². The van der Waals surface area contributed by atoms with E-state index in [4.69, 9.17) is 11.6 Å². The van der Waals surface area contributed by atoms with Gasteiger partial charge in [-0.25, -0.2) is 9.37 Å². The lowest BCUT2D eigenvalue weighted by molar-refractivity contribution is 0.0975. The van der Waals surface area contributed by atoms with Crippen LogP contribution in [0.25, 0.3) is 0 Å². The van der Waals surface area contributed by atoms with E-state index in [2.05, 4.69) is 4.98 Å². The molecule has 0 radical (unpaired) electrons. The highest BCUT2D eigenvalue weighted by Crippen LogP contribution is 2.33. The molecule has 0 bridgehead atoms. The van der Waals surface area contributed by atoms with Crippen LogP contribution in [0.4, 0.5) is 10.1 Å². The van der Waals surface area contributed by atoms with E-state index in [0.29, 0.717) is 5.56 Å². The smallest absolute Gasteiger partial charge is 0.261 e. The van der Waals surface area contributed by atoms with Crippen molar-refractivity contribution >= 4 is 23.2 Å². The lowest BCUT2D eigenvalue weighted by atomic mass is 9.95. The van der Waals surface area contributed by atoms with Crippen LogP contribution in [0.2, 0.25) is 5.15 Å². The van der Waals surface area contributed by atoms with E-state index < -0.39 is 0 Å². The van der Waals surface area contributed by atoms with Crippen LogP contribution in [0.1, 0.15) is 29.3 Å². The Morgan fingerprint density at radius 3 is 3.00 bits per heavy atom. The minimum atomic E-state index is -0.282. The third kappa shape index (κ3) is 2.51. The predicted molar refractivity (Wildman–Crippen MR) is 80.2 cm³/mol. The molecule has 21 heavy (non-hydrogen) atoms. The van der Waals surface area contributed by atoms with Crippen LogP contribution in [0, 0.1) is 5.82 Å². The summed E-state index contributed by atoms with van der Waals surface area (Å²) in [5.41, 5.74) is 1.96. The molecule has 2 aromatic rings. The average molecular weight is 305 g/mol. The van der Waals surface area contributed by atoms with Crippen LogP contribution in [-0.4, -0.2) is 16.9 Å². The molecule has 1 atom stereocenters. The van der Waals surface area contributed by atoms with Crippen LogP contribution >= 0.6 is 11.6 Å². The maximum atomic E-state index is 13.4. The molecule has 0 spiro atoms. The first kappa shape index (κ1) is 14.0. The fourth-order valence-electron chi connectivity index (χ4n) is 2.71. The van der Waals surface area contributed by atoms with Crippen molar-refractivity contribution in [3.05, 3.63) is 58.6 Å². The molecular formula is C16H14ClFN2O. The third-order valence-corrected chi connectivity index (χ3v) is 4.08. The third-order valence-electron chi connectivity index (χ3n) is 3.78. The largest absolute Gasteiger partial charge is 0.305 e. The van der Waals surface area contributed by atoms with Gasteiger partial charge in [0.05, 0.1) is 5.56 Å². The van der Waals surface area contributed by atoms with Crippen molar-refractivity contribution in [3.63, 3.8) is 0 Å². The Morgan fingerprint density at radius 1 is 1.43 bits per heavy atom. The number of aromatic nitrogens is 1. The Morgan fingerprint density at radius 2 is 2.24 bits per heavy atom. The van der Waals surface area contributed by atoms with Crippen molar-refractivity contribution in [1.82, 2.24) is 4.98 Å². The van der Waals surface area contributed by atoms with Gasteiger partial charge in [-0.3, -0.25) is 4.79 Å². The summed E-state index contributed by atoms with van der Waals surface area (Å²) in [4.78, 5) is 18.4. The van der Waals surface area contributed by atoms with E-state index in [-0.39, 0.29) is 22.9 Å². The molecule has 1 aliphatic heterocycles. The van der Waals surface area contributed by atoms with Gasteiger partial charge in [-0.1, -0.05) is 11.6 Å². The van der Waals surface area contributed by atoms with Crippen LogP contribution in [-0.2, 0) is 6.42 Å². The highest BCUT2D eigenvalue weighted by molar-refractivity contribution is 6.33. The SMILES string of the molecule is CC1CCc2cc(F)ccc2N1C(=O)c1cccnc1Cl. The fourth-order valence-corrected chi connectivity index (χ4v) is 2.91. The topological polar surface area (TPSA) is 33.2 Å². The summed E-state index contributed by atoms with van der Waals surface area (Å²) in [6.07, 6.45) is 3.10. The van der Waals surface area contributed by atoms with Gasteiger partial charge in [-0.15, -0.1) is 0 Å². The van der Waals surface area contributed by atoms with E-state index >= 15 is 0 Å². The Labute approximate surface area is 127 Å². The molecule has 0 aliphatic carbocycles. The minimum absolute atomic E-state index is 0.0340. The van der Waals surface area contributed by atoms with E-state index in [1.807, 2.05) is 6.92 Å². The predicted octanol–water partition coefficient (Wildman–Crippen LogP) is 3.86. The van der Waals surface area contributed by atoms with Crippen molar-refractivity contribution in [2.24, 2.45) is 0 Å². The first-order valence-corrected chi connectivity index (χ1v) is 7.18. The van der Waals surface area contributed by atoms with Gasteiger partial charge in [0, 0.05) is 17.9 Å². The maximum Gasteiger partial charge on any atom is 0.261 e. The molecule has 3 rings (SSSR count). The van der Waals surface area contributed by atoms with Gasteiger partial charge in [-0.05, 0) is 55.7 Å². The van der Waals surface area contributed by atoms with Gasteiger partial charge in [0.25, 0.3) is 5.91 Å². The van der Waals surface area contributed by atoms with E-state index in [1.165, 1.54) is 12.1 Å². The molecule has 1 amide bonds. The quantitative estimate of drug-likeness (QED) is 0.750. The van der Waals surface area contributed by atoms with Gasteiger partial charge in [-0.2, -0.15) is 0 Å². The number of carbonyl (C=O) groups is 1. The molecule has 0 saturated carbocycles. The number of halogens is 2. The number of nitrogens with zero attached hydrogens (tertiary/aromatic N) is 2. The zero-order chi connectivity index (χ0) is 15.0. The highest BCUT2D eigenvalue weighted by atomic mass is 35.5. The Bertz CT molecular complexity index is 704. The number of anilines is 1. The van der Waals surface area contributed by atoms with Crippen molar-refractivity contribution < 1.29 is 9.18 Å². The van der Waals surface area contributed by atoms with Crippen LogP contribution < -0.4 is 4.90 Å². The van der Waals surface area contributed by atoms with E-state index in [1.54, 1.807) is 29.3 Å². The first-order chi connectivity index (χ1) is 10.1. The number of fused-ring (bicyclic) bond motifs is 1. The van der Waals surface area contributed by atoms with E-state index in [9.17, 15) is 9.18 Å². The lowest BCUT2D eigenvalue weighted by Gasteiger charge is -2.35. The second kappa shape index (κ2) is 5.45. The first-order valence-electron chi connectivity index (χ1n) is 6.80. The minimum Gasteiger partial charge on any atom is -0.305 e. The van der Waals surface area contributed by atoms with E-state index in [0.717, 1.165) is 24.1 Å². The molecule has 3 nitrogen and oxygen atoms in total. The molecule has 2 heterocycles. The molecule has 0 fully saturated rings. The number of hydrogen-bond acceptors (Lipinski definition) is 2. The number of aryl methyl sites for hydroxylation is 1. The molecule has 5 heteroatoms. The lowest BCUT2D eigenvalue weighted by Crippen LogP contribution is -2.42. The summed E-state index contributed by atoms with van der Waals surface area (Å²) in [5.74, 6) is -0.483. The van der Waals surface area contributed by atoms with Gasteiger partial charge in [0.15, 0.2) is 0 Å². The van der Waals surface area contributed by atoms with Gasteiger partial charge in [0.1, 0.15) is 11.0 Å². The van der Waals surface area contributed by atoms with Crippen LogP contribution in [0.5, 0.6) is 0 Å². The van der Waals surface area contributed by atoms with Crippen LogP contribution in [0.15, 0.2) is 36.5 Å². The number of pyridine rings is 1. The van der Waals surface area contributed by atoms with Crippen molar-refractivity contribution in [1.29, 1.82) is 0 Å². The summed E-state index contributed by atoms with van der Waals surface area (Å²) in [6, 6.07) is 7.89. The molecule has 0 N–H and O–H groups in total. The number of benzene rings is 1. The molecule has 0 saturated heterocycles. The number of hydrogen-bond donors (Lipinski definition) is 0. The second-order valence-electron chi connectivity index (χ2n) is 5.18. The summed E-state index contributed by atoms with van der Waals surface area (Å²) in [6.45, 7) is 1.98. The molecule has 108 valence electrons. The normalized spacial score (nSPS) is 17.5. The van der Waals surface area contributed by atoms with Crippen LogP contribution in [0.3, 0.4) is 0 Å². The number of rotatable bonds is 1. The summed E-state index contributed by atoms with van der Waals surface area (Å²) in [5, 5.41) is 0.184. The summed E-state index contributed by atoms with van der Waals surface area (Å²) in [7, 11) is 0. The highest BCUT2D eigenvalue weighted by Gasteiger charge is 2.30. The molecule has 1 aliphatic rings. The Hall–Kier alpha value is -1.94. The van der Waals surface area contributed by atoms with Gasteiger partial charge >= 0.3 is 0 Å². The molecule has 1 unspecified atom stereocenters. The van der Waals surface area contributed by atoms with Crippen molar-refractivity contribution in [3.8, 4) is 0 Å². The van der Waals surface area contributed by atoms with Crippen molar-refractivity contribution in [2.45, 2.75) is 25.8 Å². The summed E-state index contributed by atoms with van der Waals surface area (Å²) >= 11 is 6.02. The van der Waals surface area contributed by atoms with Gasteiger partial charge in [0.2, 0.25) is 0 Å². The number of carbonyl (C=O) groups excluding carboxylic acids is 1. The molecular weight excluding hydrogens is 291 g/mol. The monoisotopic (exact) mass is 304 g/mol.